The average Bonchev–Trinajstić information content (AvgIpc) is 3.55. The van der Waals surface area contributed by atoms with Crippen LogP contribution in [-0.4, -0.2) is 25.9 Å². The van der Waals surface area contributed by atoms with Crippen molar-refractivity contribution >= 4 is 59.5 Å². The van der Waals surface area contributed by atoms with E-state index < -0.39 is 10.0 Å². The molecule has 0 radical (unpaired) electrons. The summed E-state index contributed by atoms with van der Waals surface area (Å²) in [6, 6.07) is 23.6. The van der Waals surface area contributed by atoms with Crippen LogP contribution in [-0.2, 0) is 16.4 Å². The van der Waals surface area contributed by atoms with Gasteiger partial charge in [0, 0.05) is 17.7 Å². The lowest BCUT2D eigenvalue weighted by Gasteiger charge is -2.30. The van der Waals surface area contributed by atoms with Gasteiger partial charge in [-0.3, -0.25) is 9.10 Å². The first kappa shape index (κ1) is 22.9. The molecule has 5 aromatic rings. The number of para-hydroxylation sites is 2. The van der Waals surface area contributed by atoms with Gasteiger partial charge in [-0.05, 0) is 72.3 Å². The van der Waals surface area contributed by atoms with E-state index in [2.05, 4.69) is 5.32 Å². The Bertz CT molecular complexity index is 1660. The summed E-state index contributed by atoms with van der Waals surface area (Å²) in [5, 5.41) is 6.44. The normalized spacial score (nSPS) is 13.5. The number of sulfonamides is 1. The monoisotopic (exact) mass is 531 g/mol. The average molecular weight is 532 g/mol. The fraction of sp³-hybridized carbons (Fsp3) is 0.111. The van der Waals surface area contributed by atoms with Gasteiger partial charge in [0.15, 0.2) is 0 Å². The number of fused-ring (bicyclic) bond motifs is 2. The maximum absolute atomic E-state index is 13.4. The highest BCUT2D eigenvalue weighted by molar-refractivity contribution is 7.92. The second-order valence-corrected chi connectivity index (χ2v) is 12.2. The fourth-order valence-electron chi connectivity index (χ4n) is 4.39. The number of nitrogens with one attached hydrogen (secondary N) is 1. The number of amides is 1. The van der Waals surface area contributed by atoms with Crippen molar-refractivity contribution in [2.75, 3.05) is 16.2 Å². The number of nitrogens with zero attached hydrogens (tertiary/aromatic N) is 2. The molecule has 9 heteroatoms. The van der Waals surface area contributed by atoms with E-state index in [1.165, 1.54) is 27.8 Å². The number of thiazole rings is 1. The molecule has 0 bridgehead atoms. The Morgan fingerprint density at radius 1 is 0.944 bits per heavy atom. The summed E-state index contributed by atoms with van der Waals surface area (Å²) in [6.45, 7) is 0.439. The Kier molecular flexibility index (Phi) is 5.83. The predicted molar refractivity (Wildman–Crippen MR) is 147 cm³/mol. The molecule has 1 N–H and O–H groups in total. The number of anilines is 2. The van der Waals surface area contributed by atoms with Gasteiger partial charge in [0.1, 0.15) is 10.0 Å². The van der Waals surface area contributed by atoms with Gasteiger partial charge in [-0.2, -0.15) is 0 Å². The second-order valence-electron chi connectivity index (χ2n) is 8.44. The van der Waals surface area contributed by atoms with E-state index >= 15 is 0 Å². The molecule has 0 atom stereocenters. The third-order valence-electron chi connectivity index (χ3n) is 6.19. The third kappa shape index (κ3) is 4.09. The lowest BCUT2D eigenvalue weighted by Crippen LogP contribution is -2.35. The Morgan fingerprint density at radius 2 is 1.72 bits per heavy atom. The molecule has 0 saturated carbocycles. The molecule has 3 aromatic carbocycles. The largest absolute Gasteiger partial charge is 0.313 e. The van der Waals surface area contributed by atoms with Gasteiger partial charge >= 0.3 is 0 Å². The van der Waals surface area contributed by atoms with E-state index in [0.717, 1.165) is 44.9 Å². The molecule has 6 rings (SSSR count). The summed E-state index contributed by atoms with van der Waals surface area (Å²) in [5.74, 6) is -0.299. The standard InChI is InChI=1S/C27H21N3O3S3/c31-25(29-26-21(15-17-34-26)27-28-22-8-2-4-10-24(22)35-27)19-11-13-20(14-12-19)36(32,33)30-16-5-7-18-6-1-3-9-23(18)30/h1-4,6,8-15,17H,5,7,16H2,(H,29,31). The lowest BCUT2D eigenvalue weighted by atomic mass is 10.0. The van der Waals surface area contributed by atoms with Gasteiger partial charge in [-0.15, -0.1) is 22.7 Å². The topological polar surface area (TPSA) is 79.4 Å². The molecule has 2 aromatic heterocycles. The summed E-state index contributed by atoms with van der Waals surface area (Å²) >= 11 is 3.01. The highest BCUT2D eigenvalue weighted by atomic mass is 32.2. The van der Waals surface area contributed by atoms with Crippen LogP contribution >= 0.6 is 22.7 Å². The first-order chi connectivity index (χ1) is 17.5. The molecule has 36 heavy (non-hydrogen) atoms. The molecule has 0 aliphatic carbocycles. The molecule has 0 fully saturated rings. The fourth-order valence-corrected chi connectivity index (χ4v) is 7.78. The Labute approximate surface area is 216 Å². The van der Waals surface area contributed by atoms with Crippen LogP contribution in [0.2, 0.25) is 0 Å². The van der Waals surface area contributed by atoms with Crippen LogP contribution in [0.4, 0.5) is 10.7 Å². The maximum Gasteiger partial charge on any atom is 0.264 e. The van der Waals surface area contributed by atoms with E-state index in [9.17, 15) is 13.2 Å². The Morgan fingerprint density at radius 3 is 2.56 bits per heavy atom. The van der Waals surface area contributed by atoms with E-state index in [1.54, 1.807) is 23.5 Å². The number of carbonyl (C=O) groups is 1. The zero-order chi connectivity index (χ0) is 24.7. The molecule has 3 heterocycles. The molecular formula is C27H21N3O3S3. The van der Waals surface area contributed by atoms with Gasteiger partial charge in [0.05, 0.1) is 20.8 Å². The predicted octanol–water partition coefficient (Wildman–Crippen LogP) is 6.42. The van der Waals surface area contributed by atoms with Crippen LogP contribution in [0.5, 0.6) is 0 Å². The minimum atomic E-state index is -3.73. The lowest BCUT2D eigenvalue weighted by molar-refractivity contribution is 0.102. The molecule has 0 spiro atoms. The highest BCUT2D eigenvalue weighted by Crippen LogP contribution is 2.38. The quantitative estimate of drug-likeness (QED) is 0.284. The number of aromatic nitrogens is 1. The number of carbonyl (C=O) groups excluding carboxylic acids is 1. The number of aryl methyl sites for hydroxylation is 1. The van der Waals surface area contributed by atoms with Crippen LogP contribution in [0.1, 0.15) is 22.3 Å². The zero-order valence-corrected chi connectivity index (χ0v) is 21.5. The van der Waals surface area contributed by atoms with Crippen molar-refractivity contribution in [1.82, 2.24) is 4.98 Å². The Balaban J connectivity index is 1.23. The van der Waals surface area contributed by atoms with Crippen molar-refractivity contribution in [2.45, 2.75) is 17.7 Å². The molecule has 180 valence electrons. The number of rotatable bonds is 5. The van der Waals surface area contributed by atoms with Crippen molar-refractivity contribution in [1.29, 1.82) is 0 Å². The number of benzene rings is 3. The van der Waals surface area contributed by atoms with Crippen molar-refractivity contribution in [3.05, 3.63) is 95.4 Å². The van der Waals surface area contributed by atoms with Crippen LogP contribution in [0.25, 0.3) is 20.8 Å². The number of hydrogen-bond acceptors (Lipinski definition) is 6. The number of hydrogen-bond donors (Lipinski definition) is 1. The summed E-state index contributed by atoms with van der Waals surface area (Å²) < 4.78 is 29.3. The summed E-state index contributed by atoms with van der Waals surface area (Å²) in [4.78, 5) is 17.9. The number of thiophene rings is 1. The van der Waals surface area contributed by atoms with E-state index in [1.807, 2.05) is 60.0 Å². The van der Waals surface area contributed by atoms with Crippen molar-refractivity contribution in [2.24, 2.45) is 0 Å². The van der Waals surface area contributed by atoms with Gasteiger partial charge < -0.3 is 5.32 Å². The zero-order valence-electron chi connectivity index (χ0n) is 19.0. The van der Waals surface area contributed by atoms with Crippen molar-refractivity contribution in [3.63, 3.8) is 0 Å². The van der Waals surface area contributed by atoms with E-state index in [0.29, 0.717) is 17.1 Å². The molecular weight excluding hydrogens is 511 g/mol. The molecule has 1 aliphatic rings. The second kappa shape index (κ2) is 9.16. The SMILES string of the molecule is O=C(Nc1sccc1-c1nc2ccccc2s1)c1ccc(S(=O)(=O)N2CCCc3ccccc32)cc1. The first-order valence-corrected chi connectivity index (χ1v) is 14.6. The van der Waals surface area contributed by atoms with Crippen molar-refractivity contribution in [3.8, 4) is 10.6 Å². The molecule has 1 amide bonds. The van der Waals surface area contributed by atoms with E-state index in [4.69, 9.17) is 4.98 Å². The minimum Gasteiger partial charge on any atom is -0.313 e. The van der Waals surface area contributed by atoms with Gasteiger partial charge in [-0.1, -0.05) is 30.3 Å². The van der Waals surface area contributed by atoms with E-state index in [-0.39, 0.29) is 10.8 Å². The van der Waals surface area contributed by atoms with Crippen LogP contribution in [0, 0.1) is 0 Å². The van der Waals surface area contributed by atoms with Crippen LogP contribution in [0.3, 0.4) is 0 Å². The smallest absolute Gasteiger partial charge is 0.264 e. The van der Waals surface area contributed by atoms with Gasteiger partial charge in [-0.25, -0.2) is 13.4 Å². The summed E-state index contributed by atoms with van der Waals surface area (Å²) in [5.41, 5.74) is 3.94. The molecule has 1 aliphatic heterocycles. The molecule has 0 unspecified atom stereocenters. The van der Waals surface area contributed by atoms with Crippen LogP contribution in [0.15, 0.2) is 89.1 Å². The molecule has 6 nitrogen and oxygen atoms in total. The van der Waals surface area contributed by atoms with Crippen molar-refractivity contribution < 1.29 is 13.2 Å². The minimum absolute atomic E-state index is 0.169. The third-order valence-corrected chi connectivity index (χ3v) is 9.92. The first-order valence-electron chi connectivity index (χ1n) is 11.5. The van der Waals surface area contributed by atoms with Crippen LogP contribution < -0.4 is 9.62 Å². The van der Waals surface area contributed by atoms with Gasteiger partial charge in [0.2, 0.25) is 0 Å². The summed E-state index contributed by atoms with van der Waals surface area (Å²) in [7, 11) is -3.73. The maximum atomic E-state index is 13.4. The summed E-state index contributed by atoms with van der Waals surface area (Å²) in [6.07, 6.45) is 1.64. The Hall–Kier alpha value is -3.53. The van der Waals surface area contributed by atoms with Gasteiger partial charge in [0.25, 0.3) is 15.9 Å². The molecule has 0 saturated heterocycles. The highest BCUT2D eigenvalue weighted by Gasteiger charge is 2.29.